The number of nitrogens with one attached hydrogen (secondary N) is 1. The predicted octanol–water partition coefficient (Wildman–Crippen LogP) is 4.12. The highest BCUT2D eigenvalue weighted by Gasteiger charge is 2.30. The number of amidine groups is 1. The molecule has 0 aliphatic carbocycles. The quantitative estimate of drug-likeness (QED) is 0.713. The van der Waals surface area contributed by atoms with Crippen LogP contribution in [0.4, 0.5) is 0 Å². The van der Waals surface area contributed by atoms with Crippen molar-refractivity contribution in [3.63, 3.8) is 0 Å². The molecule has 0 radical (unpaired) electrons. The Morgan fingerprint density at radius 1 is 0.821 bits per heavy atom. The number of aliphatic imine (C=N–C) groups is 1. The topological polar surface area (TPSA) is 58.5 Å². The highest BCUT2D eigenvalue weighted by Crippen LogP contribution is 2.36. The largest absolute Gasteiger partial charge is 0.364 e. The molecule has 0 saturated heterocycles. The highest BCUT2D eigenvalue weighted by atomic mass is 32.2. The van der Waals surface area contributed by atoms with Crippen molar-refractivity contribution in [1.29, 1.82) is 0 Å². The average Bonchev–Trinajstić information content (AvgIpc) is 3.13. The normalized spacial score (nSPS) is 19.1. The summed E-state index contributed by atoms with van der Waals surface area (Å²) in [7, 11) is -3.18. The minimum absolute atomic E-state index is 0.00823. The van der Waals surface area contributed by atoms with Crippen molar-refractivity contribution in [3.8, 4) is 0 Å². The Labute approximate surface area is 165 Å². The number of hydrogen-bond donors (Lipinski definition) is 1. The van der Waals surface area contributed by atoms with Crippen LogP contribution in [-0.4, -0.2) is 20.5 Å². The molecule has 0 aromatic heterocycles. The zero-order chi connectivity index (χ0) is 19.6. The Bertz CT molecular complexity index is 1080. The number of hydrogen-bond acceptors (Lipinski definition) is 4. The van der Waals surface area contributed by atoms with Crippen LogP contribution in [0, 0.1) is 0 Å². The van der Waals surface area contributed by atoms with Crippen LogP contribution < -0.4 is 5.32 Å². The number of sulfone groups is 1. The smallest absolute Gasteiger partial charge is 0.175 e. The van der Waals surface area contributed by atoms with Crippen molar-refractivity contribution in [1.82, 2.24) is 5.32 Å². The lowest BCUT2D eigenvalue weighted by Gasteiger charge is -2.19. The molecule has 5 heteroatoms. The minimum Gasteiger partial charge on any atom is -0.364 e. The molecule has 1 aliphatic heterocycles. The molecule has 2 atom stereocenters. The Kier molecular flexibility index (Phi) is 5.01. The van der Waals surface area contributed by atoms with Crippen LogP contribution in [0.15, 0.2) is 94.8 Å². The third-order valence-electron chi connectivity index (χ3n) is 4.96. The van der Waals surface area contributed by atoms with E-state index >= 15 is 0 Å². The van der Waals surface area contributed by atoms with Crippen LogP contribution in [0.5, 0.6) is 0 Å². The summed E-state index contributed by atoms with van der Waals surface area (Å²) in [6.07, 6.45) is 1.86. The van der Waals surface area contributed by atoms with E-state index in [9.17, 15) is 8.42 Å². The molecule has 4 nitrogen and oxygen atoms in total. The maximum absolute atomic E-state index is 11.7. The van der Waals surface area contributed by atoms with E-state index in [2.05, 4.69) is 29.6 Å². The SMILES string of the molecule is CS(=O)(=O)c1ccc(CC2=N[C@H](c3ccccc3)[C@H](c3ccccc3)N2)cc1. The van der Waals surface area contributed by atoms with Crippen molar-refractivity contribution in [2.75, 3.05) is 6.26 Å². The Morgan fingerprint density at radius 2 is 1.39 bits per heavy atom. The van der Waals surface area contributed by atoms with Crippen molar-refractivity contribution in [2.24, 2.45) is 4.99 Å². The third-order valence-corrected chi connectivity index (χ3v) is 6.08. The molecule has 3 aromatic rings. The maximum atomic E-state index is 11.7. The lowest BCUT2D eigenvalue weighted by atomic mass is 9.95. The summed E-state index contributed by atoms with van der Waals surface area (Å²) in [6, 6.07) is 27.7. The molecule has 0 fully saturated rings. The molecule has 0 spiro atoms. The van der Waals surface area contributed by atoms with Gasteiger partial charge in [0, 0.05) is 12.7 Å². The first-order chi connectivity index (χ1) is 13.5. The molecular weight excluding hydrogens is 368 g/mol. The van der Waals surface area contributed by atoms with Gasteiger partial charge in [0.2, 0.25) is 0 Å². The van der Waals surface area contributed by atoms with Crippen LogP contribution in [0.3, 0.4) is 0 Å². The van der Waals surface area contributed by atoms with Gasteiger partial charge in [-0.2, -0.15) is 0 Å². The van der Waals surface area contributed by atoms with Gasteiger partial charge < -0.3 is 5.32 Å². The van der Waals surface area contributed by atoms with Gasteiger partial charge in [-0.3, -0.25) is 4.99 Å². The molecule has 0 bridgehead atoms. The summed E-state index contributed by atoms with van der Waals surface area (Å²) in [5.74, 6) is 0.912. The molecule has 0 saturated carbocycles. The van der Waals surface area contributed by atoms with Crippen LogP contribution in [0.25, 0.3) is 0 Å². The molecule has 1 aliphatic rings. The molecule has 4 rings (SSSR count). The molecule has 1 heterocycles. The monoisotopic (exact) mass is 390 g/mol. The summed E-state index contributed by atoms with van der Waals surface area (Å²) >= 11 is 0. The second-order valence-corrected chi connectivity index (χ2v) is 9.07. The first-order valence-electron chi connectivity index (χ1n) is 9.23. The van der Waals surface area contributed by atoms with Gasteiger partial charge in [0.05, 0.1) is 10.9 Å². The standard InChI is InChI=1S/C23H22N2O2S/c1-28(26,27)20-14-12-17(13-15-20)16-21-24-22(18-8-4-2-5-9-18)23(25-21)19-10-6-3-7-11-19/h2-15,22-23H,16H2,1H3,(H,24,25)/t22-,23+. The van der Waals surface area contributed by atoms with Crippen molar-refractivity contribution >= 4 is 15.7 Å². The fourth-order valence-electron chi connectivity index (χ4n) is 3.53. The molecule has 3 aromatic carbocycles. The highest BCUT2D eigenvalue weighted by molar-refractivity contribution is 7.90. The van der Waals surface area contributed by atoms with E-state index < -0.39 is 9.84 Å². The Morgan fingerprint density at radius 3 is 1.96 bits per heavy atom. The molecule has 0 unspecified atom stereocenters. The van der Waals surface area contributed by atoms with Gasteiger partial charge in [-0.1, -0.05) is 72.8 Å². The lowest BCUT2D eigenvalue weighted by Crippen LogP contribution is -2.25. The first kappa shape index (κ1) is 18.4. The molecule has 28 heavy (non-hydrogen) atoms. The van der Waals surface area contributed by atoms with Crippen molar-refractivity contribution in [2.45, 2.75) is 23.4 Å². The number of rotatable bonds is 5. The minimum atomic E-state index is -3.18. The first-order valence-corrected chi connectivity index (χ1v) is 11.1. The summed E-state index contributed by atoms with van der Waals surface area (Å²) < 4.78 is 23.3. The van der Waals surface area contributed by atoms with Gasteiger partial charge in [0.15, 0.2) is 9.84 Å². The predicted molar refractivity (Wildman–Crippen MR) is 112 cm³/mol. The van der Waals surface area contributed by atoms with E-state index in [-0.39, 0.29) is 12.1 Å². The van der Waals surface area contributed by atoms with Crippen LogP contribution in [0.1, 0.15) is 28.8 Å². The maximum Gasteiger partial charge on any atom is 0.175 e. The average molecular weight is 391 g/mol. The zero-order valence-electron chi connectivity index (χ0n) is 15.6. The van der Waals surface area contributed by atoms with Crippen LogP contribution >= 0.6 is 0 Å². The Hall–Kier alpha value is -2.92. The summed E-state index contributed by atoms with van der Waals surface area (Å²) in [6.45, 7) is 0. The third kappa shape index (κ3) is 3.99. The number of nitrogens with zero attached hydrogens (tertiary/aromatic N) is 1. The molecule has 142 valence electrons. The van der Waals surface area contributed by atoms with Gasteiger partial charge in [0.1, 0.15) is 11.9 Å². The van der Waals surface area contributed by atoms with E-state index in [1.165, 1.54) is 17.4 Å². The molecule has 0 amide bonds. The fourth-order valence-corrected chi connectivity index (χ4v) is 4.16. The summed E-state index contributed by atoms with van der Waals surface area (Å²) in [5, 5.41) is 3.58. The second-order valence-electron chi connectivity index (χ2n) is 7.06. The van der Waals surface area contributed by atoms with Gasteiger partial charge in [-0.05, 0) is 28.8 Å². The molecule has 1 N–H and O–H groups in total. The van der Waals surface area contributed by atoms with Gasteiger partial charge in [0.25, 0.3) is 0 Å². The summed E-state index contributed by atoms with van der Waals surface area (Å²) in [4.78, 5) is 5.30. The van der Waals surface area contributed by atoms with Crippen molar-refractivity contribution < 1.29 is 8.42 Å². The summed E-state index contributed by atoms with van der Waals surface area (Å²) in [5.41, 5.74) is 3.40. The van der Waals surface area contributed by atoms with Crippen LogP contribution in [0.2, 0.25) is 0 Å². The van der Waals surface area contributed by atoms with E-state index in [0.717, 1.165) is 11.4 Å². The van der Waals surface area contributed by atoms with Crippen LogP contribution in [-0.2, 0) is 16.3 Å². The van der Waals surface area contributed by atoms with E-state index in [0.29, 0.717) is 11.3 Å². The lowest BCUT2D eigenvalue weighted by molar-refractivity contribution is 0.572. The zero-order valence-corrected chi connectivity index (χ0v) is 16.4. The molecular formula is C23H22N2O2S. The van der Waals surface area contributed by atoms with Gasteiger partial charge in [-0.25, -0.2) is 8.42 Å². The second kappa shape index (κ2) is 7.60. The fraction of sp³-hybridized carbons (Fsp3) is 0.174. The van der Waals surface area contributed by atoms with Crippen molar-refractivity contribution in [3.05, 3.63) is 102 Å². The van der Waals surface area contributed by atoms with Gasteiger partial charge >= 0.3 is 0 Å². The number of benzene rings is 3. The van der Waals surface area contributed by atoms with E-state index in [4.69, 9.17) is 4.99 Å². The van der Waals surface area contributed by atoms with E-state index in [1.807, 2.05) is 48.5 Å². The van der Waals surface area contributed by atoms with E-state index in [1.54, 1.807) is 12.1 Å². The van der Waals surface area contributed by atoms with Gasteiger partial charge in [-0.15, -0.1) is 0 Å². The Balaban J connectivity index is 1.61.